The molecule has 0 heterocycles. The van der Waals surface area contributed by atoms with Crippen molar-refractivity contribution in [2.24, 2.45) is 5.92 Å². The first kappa shape index (κ1) is 18.2. The lowest BCUT2D eigenvalue weighted by Crippen LogP contribution is -2.46. The van der Waals surface area contributed by atoms with E-state index in [1.165, 1.54) is 17.0 Å². The summed E-state index contributed by atoms with van der Waals surface area (Å²) in [7, 11) is 1.59. The molecular weight excluding hydrogens is 311 g/mol. The highest BCUT2D eigenvalue weighted by Crippen LogP contribution is 2.40. The average molecular weight is 336 g/mol. The van der Waals surface area contributed by atoms with E-state index in [4.69, 9.17) is 5.11 Å². The maximum Gasteiger partial charge on any atom is 0.317 e. The van der Waals surface area contributed by atoms with Crippen molar-refractivity contribution in [3.05, 3.63) is 35.6 Å². The van der Waals surface area contributed by atoms with E-state index < -0.39 is 11.9 Å². The van der Waals surface area contributed by atoms with Crippen molar-refractivity contribution in [3.8, 4) is 0 Å². The summed E-state index contributed by atoms with van der Waals surface area (Å²) in [6, 6.07) is 6.22. The third kappa shape index (κ3) is 4.24. The lowest BCUT2D eigenvalue weighted by molar-refractivity contribution is -0.141. The molecule has 1 fully saturated rings. The van der Waals surface area contributed by atoms with E-state index in [1.54, 1.807) is 26.1 Å². The van der Waals surface area contributed by atoms with Crippen molar-refractivity contribution in [2.45, 2.75) is 38.0 Å². The van der Waals surface area contributed by atoms with Gasteiger partial charge in [-0.1, -0.05) is 31.9 Å². The largest absolute Gasteiger partial charge is 0.481 e. The monoisotopic (exact) mass is 336 g/mol. The first-order valence-electron chi connectivity index (χ1n) is 8.32. The van der Waals surface area contributed by atoms with E-state index in [1.807, 2.05) is 0 Å². The molecule has 24 heavy (non-hydrogen) atoms. The summed E-state index contributed by atoms with van der Waals surface area (Å²) in [5.41, 5.74) is 0.881. The van der Waals surface area contributed by atoms with Gasteiger partial charge in [0, 0.05) is 25.6 Å². The van der Waals surface area contributed by atoms with Gasteiger partial charge in [0.2, 0.25) is 0 Å². The summed E-state index contributed by atoms with van der Waals surface area (Å²) in [5.74, 6) is -1.80. The van der Waals surface area contributed by atoms with Gasteiger partial charge in [-0.15, -0.1) is 0 Å². The molecule has 1 aromatic carbocycles. The van der Waals surface area contributed by atoms with Gasteiger partial charge >= 0.3 is 12.0 Å². The second-order valence-corrected chi connectivity index (χ2v) is 6.77. The van der Waals surface area contributed by atoms with Crippen molar-refractivity contribution in [3.63, 3.8) is 0 Å². The molecule has 6 heteroatoms. The third-order valence-corrected chi connectivity index (χ3v) is 4.91. The lowest BCUT2D eigenvalue weighted by Gasteiger charge is -2.31. The Morgan fingerprint density at radius 2 is 1.88 bits per heavy atom. The topological polar surface area (TPSA) is 69.6 Å². The molecule has 0 saturated heterocycles. The van der Waals surface area contributed by atoms with Crippen molar-refractivity contribution in [1.82, 2.24) is 10.2 Å². The van der Waals surface area contributed by atoms with Crippen molar-refractivity contribution in [2.75, 3.05) is 20.1 Å². The van der Waals surface area contributed by atoms with Crippen LogP contribution >= 0.6 is 0 Å². The Morgan fingerprint density at radius 3 is 2.42 bits per heavy atom. The standard InChI is InChI=1S/C18H25FN2O3/c1-13(16(22)23)11-21(2)17(24)20-12-18(9-3-4-10-18)14-5-7-15(19)8-6-14/h5-8,13H,3-4,9-12H2,1-2H3,(H,20,24)(H,22,23). The zero-order valence-corrected chi connectivity index (χ0v) is 14.2. The fourth-order valence-electron chi connectivity index (χ4n) is 3.37. The molecule has 1 aliphatic rings. The Morgan fingerprint density at radius 1 is 1.29 bits per heavy atom. The minimum absolute atomic E-state index is 0.157. The Labute approximate surface area is 141 Å². The van der Waals surface area contributed by atoms with Crippen LogP contribution in [0.4, 0.5) is 9.18 Å². The molecule has 0 bridgehead atoms. The highest BCUT2D eigenvalue weighted by Gasteiger charge is 2.36. The number of nitrogens with one attached hydrogen (secondary N) is 1. The summed E-state index contributed by atoms with van der Waals surface area (Å²) >= 11 is 0. The number of amides is 2. The summed E-state index contributed by atoms with van der Waals surface area (Å²) in [6.07, 6.45) is 4.07. The molecule has 5 nitrogen and oxygen atoms in total. The van der Waals surface area contributed by atoms with Crippen LogP contribution in [-0.4, -0.2) is 42.1 Å². The Kier molecular flexibility index (Phi) is 5.80. The molecule has 1 atom stereocenters. The second-order valence-electron chi connectivity index (χ2n) is 6.77. The number of halogens is 1. The number of rotatable bonds is 6. The summed E-state index contributed by atoms with van der Waals surface area (Å²) < 4.78 is 13.2. The van der Waals surface area contributed by atoms with Crippen LogP contribution in [0, 0.1) is 11.7 Å². The van der Waals surface area contributed by atoms with E-state index in [9.17, 15) is 14.0 Å². The molecule has 0 radical (unpaired) electrons. The predicted octanol–water partition coefficient (Wildman–Crippen LogP) is 3.00. The Bertz CT molecular complexity index is 582. The fraction of sp³-hybridized carbons (Fsp3) is 0.556. The molecule has 0 spiro atoms. The zero-order valence-electron chi connectivity index (χ0n) is 14.2. The van der Waals surface area contributed by atoms with Crippen LogP contribution in [0.15, 0.2) is 24.3 Å². The molecule has 1 unspecified atom stereocenters. The van der Waals surface area contributed by atoms with Crippen LogP contribution in [0.25, 0.3) is 0 Å². The van der Waals surface area contributed by atoms with Gasteiger partial charge in [-0.3, -0.25) is 4.79 Å². The number of aliphatic carboxylic acids is 1. The molecule has 132 valence electrons. The predicted molar refractivity (Wildman–Crippen MR) is 89.4 cm³/mol. The van der Waals surface area contributed by atoms with Crippen LogP contribution in [0.1, 0.15) is 38.2 Å². The third-order valence-electron chi connectivity index (χ3n) is 4.91. The van der Waals surface area contributed by atoms with Gasteiger partial charge in [0.15, 0.2) is 0 Å². The number of hydrogen-bond donors (Lipinski definition) is 2. The maximum atomic E-state index is 13.2. The van der Waals surface area contributed by atoms with E-state index >= 15 is 0 Å². The summed E-state index contributed by atoms with van der Waals surface area (Å²) in [5, 5.41) is 11.9. The van der Waals surface area contributed by atoms with Crippen LogP contribution in [-0.2, 0) is 10.2 Å². The molecule has 2 rings (SSSR count). The van der Waals surface area contributed by atoms with E-state index in [-0.39, 0.29) is 23.8 Å². The first-order chi connectivity index (χ1) is 11.3. The van der Waals surface area contributed by atoms with Gasteiger partial charge in [0.1, 0.15) is 5.82 Å². The number of urea groups is 1. The summed E-state index contributed by atoms with van der Waals surface area (Å²) in [6.45, 7) is 2.21. The second kappa shape index (κ2) is 7.64. The number of carboxylic acid groups (broad SMARTS) is 1. The molecule has 2 N–H and O–H groups in total. The highest BCUT2D eigenvalue weighted by molar-refractivity contribution is 5.75. The van der Waals surface area contributed by atoms with Crippen molar-refractivity contribution >= 4 is 12.0 Å². The number of hydrogen-bond acceptors (Lipinski definition) is 2. The minimum atomic E-state index is -0.923. The molecular formula is C18H25FN2O3. The molecule has 0 aliphatic heterocycles. The van der Waals surface area contributed by atoms with Crippen LogP contribution in [0.3, 0.4) is 0 Å². The van der Waals surface area contributed by atoms with E-state index in [2.05, 4.69) is 5.32 Å². The Balaban J connectivity index is 2.00. The van der Waals surface area contributed by atoms with Gasteiger partial charge in [0.25, 0.3) is 0 Å². The maximum absolute atomic E-state index is 13.2. The fourth-order valence-corrected chi connectivity index (χ4v) is 3.37. The lowest BCUT2D eigenvalue weighted by atomic mass is 9.79. The van der Waals surface area contributed by atoms with Crippen molar-refractivity contribution in [1.29, 1.82) is 0 Å². The number of carboxylic acids is 1. The Hall–Kier alpha value is -2.11. The molecule has 1 aromatic rings. The van der Waals surface area contributed by atoms with Gasteiger partial charge in [0.05, 0.1) is 5.92 Å². The number of carbonyl (C=O) groups is 2. The normalized spacial score (nSPS) is 17.3. The number of benzene rings is 1. The van der Waals surface area contributed by atoms with Crippen molar-refractivity contribution < 1.29 is 19.1 Å². The number of nitrogens with zero attached hydrogens (tertiary/aromatic N) is 1. The first-order valence-corrected chi connectivity index (χ1v) is 8.32. The smallest absolute Gasteiger partial charge is 0.317 e. The van der Waals surface area contributed by atoms with Crippen LogP contribution < -0.4 is 5.32 Å². The highest BCUT2D eigenvalue weighted by atomic mass is 19.1. The van der Waals surface area contributed by atoms with Crippen LogP contribution in [0.5, 0.6) is 0 Å². The van der Waals surface area contributed by atoms with Gasteiger partial charge < -0.3 is 15.3 Å². The molecule has 1 aliphatic carbocycles. The zero-order chi connectivity index (χ0) is 17.7. The average Bonchev–Trinajstić information content (AvgIpc) is 3.03. The minimum Gasteiger partial charge on any atom is -0.481 e. The summed E-state index contributed by atoms with van der Waals surface area (Å²) in [4.78, 5) is 24.5. The van der Waals surface area contributed by atoms with Gasteiger partial charge in [-0.25, -0.2) is 9.18 Å². The number of carbonyl (C=O) groups excluding carboxylic acids is 1. The quantitative estimate of drug-likeness (QED) is 0.839. The van der Waals surface area contributed by atoms with Gasteiger partial charge in [-0.05, 0) is 30.5 Å². The van der Waals surface area contributed by atoms with Gasteiger partial charge in [-0.2, -0.15) is 0 Å². The molecule has 1 saturated carbocycles. The molecule has 2 amide bonds. The molecule has 0 aromatic heterocycles. The SMILES string of the molecule is CC(CN(C)C(=O)NCC1(c2ccc(F)cc2)CCCC1)C(=O)O. The van der Waals surface area contributed by atoms with E-state index in [0.29, 0.717) is 6.54 Å². The van der Waals surface area contributed by atoms with Crippen LogP contribution in [0.2, 0.25) is 0 Å². The van der Waals surface area contributed by atoms with E-state index in [0.717, 1.165) is 31.2 Å².